The Hall–Kier alpha value is -1.21. The molecule has 3 rings (SSSR count). The van der Waals surface area contributed by atoms with Crippen LogP contribution in [0.5, 0.6) is 0 Å². The Balaban J connectivity index is 1.64. The molecule has 0 unspecified atom stereocenters. The fourth-order valence-corrected chi connectivity index (χ4v) is 5.57. The van der Waals surface area contributed by atoms with Crippen molar-refractivity contribution < 1.29 is 4.74 Å². The van der Waals surface area contributed by atoms with E-state index in [0.29, 0.717) is 6.04 Å². The van der Waals surface area contributed by atoms with Crippen molar-refractivity contribution in [2.24, 2.45) is 0 Å². The van der Waals surface area contributed by atoms with Crippen LogP contribution in [0.1, 0.15) is 58.1 Å². The zero-order valence-electron chi connectivity index (χ0n) is 20.2. The van der Waals surface area contributed by atoms with E-state index in [1.807, 2.05) is 0 Å². The van der Waals surface area contributed by atoms with Crippen LogP contribution in [0, 0.1) is 6.92 Å². The van der Waals surface area contributed by atoms with Gasteiger partial charge in [0.1, 0.15) is 0 Å². The zero-order chi connectivity index (χ0) is 22.5. The lowest BCUT2D eigenvalue weighted by molar-refractivity contribution is 0.0367. The standard InChI is InChI=1S/C25H42N4OS/c1-20-9-6-7-10-21(20)19-29(12-8-11-28-13-15-30-16-14-28)23(31)26-22-17-24(2,3)27-25(4,5)18-22/h6-7,9-10,22,27H,8,11-19H2,1-5H3,(H,26,31). The van der Waals surface area contributed by atoms with Crippen LogP contribution in [0.25, 0.3) is 0 Å². The molecule has 5 nitrogen and oxygen atoms in total. The number of thiocarbonyl (C=S) groups is 1. The SMILES string of the molecule is Cc1ccccc1CN(CCCN1CCOCC1)C(=S)NC1CC(C)(C)NC(C)(C)C1. The van der Waals surface area contributed by atoms with E-state index in [2.05, 4.69) is 79.3 Å². The lowest BCUT2D eigenvalue weighted by Gasteiger charge is -2.47. The van der Waals surface area contributed by atoms with Gasteiger partial charge in [0.2, 0.25) is 0 Å². The number of ether oxygens (including phenoxy) is 1. The van der Waals surface area contributed by atoms with Crippen LogP contribution < -0.4 is 10.6 Å². The minimum atomic E-state index is 0.103. The van der Waals surface area contributed by atoms with Gasteiger partial charge in [-0.1, -0.05) is 24.3 Å². The molecule has 1 aromatic rings. The number of piperidine rings is 1. The lowest BCUT2D eigenvalue weighted by Crippen LogP contribution is -2.62. The maximum absolute atomic E-state index is 5.98. The molecule has 0 bridgehead atoms. The number of aryl methyl sites for hydroxylation is 1. The molecule has 2 aliphatic heterocycles. The molecular formula is C25H42N4OS. The molecule has 6 heteroatoms. The number of nitrogens with zero attached hydrogens (tertiary/aromatic N) is 2. The van der Waals surface area contributed by atoms with Gasteiger partial charge in [-0.3, -0.25) is 4.90 Å². The van der Waals surface area contributed by atoms with Crippen LogP contribution in [0.3, 0.4) is 0 Å². The van der Waals surface area contributed by atoms with Gasteiger partial charge in [0, 0.05) is 49.8 Å². The van der Waals surface area contributed by atoms with Crippen LogP contribution in [0.4, 0.5) is 0 Å². The van der Waals surface area contributed by atoms with Crippen LogP contribution >= 0.6 is 12.2 Å². The third-order valence-electron chi connectivity index (χ3n) is 6.43. The van der Waals surface area contributed by atoms with Crippen molar-refractivity contribution in [1.82, 2.24) is 20.4 Å². The van der Waals surface area contributed by atoms with E-state index in [9.17, 15) is 0 Å². The summed E-state index contributed by atoms with van der Waals surface area (Å²) in [5, 5.41) is 8.40. The summed E-state index contributed by atoms with van der Waals surface area (Å²) in [7, 11) is 0. The Morgan fingerprint density at radius 2 is 1.81 bits per heavy atom. The highest BCUT2D eigenvalue weighted by Crippen LogP contribution is 2.28. The fraction of sp³-hybridized carbons (Fsp3) is 0.720. The first kappa shape index (κ1) is 24.4. The van der Waals surface area contributed by atoms with Crippen molar-refractivity contribution in [3.63, 3.8) is 0 Å². The van der Waals surface area contributed by atoms with Crippen LogP contribution in [0.15, 0.2) is 24.3 Å². The van der Waals surface area contributed by atoms with Crippen molar-refractivity contribution >= 4 is 17.3 Å². The Bertz CT molecular complexity index is 714. The molecule has 2 heterocycles. The Morgan fingerprint density at radius 1 is 1.16 bits per heavy atom. The fourth-order valence-electron chi connectivity index (χ4n) is 5.25. The van der Waals surface area contributed by atoms with Crippen LogP contribution in [-0.4, -0.2) is 71.4 Å². The highest BCUT2D eigenvalue weighted by molar-refractivity contribution is 7.80. The third-order valence-corrected chi connectivity index (χ3v) is 6.81. The second-order valence-corrected chi connectivity index (χ2v) is 11.0. The molecule has 1 aromatic carbocycles. The zero-order valence-corrected chi connectivity index (χ0v) is 21.0. The van der Waals surface area contributed by atoms with Crippen molar-refractivity contribution in [3.8, 4) is 0 Å². The van der Waals surface area contributed by atoms with Crippen molar-refractivity contribution in [3.05, 3.63) is 35.4 Å². The highest BCUT2D eigenvalue weighted by Gasteiger charge is 2.38. The minimum Gasteiger partial charge on any atom is -0.379 e. The average Bonchev–Trinajstić information content (AvgIpc) is 2.67. The molecule has 2 N–H and O–H groups in total. The molecule has 0 amide bonds. The van der Waals surface area contributed by atoms with E-state index in [4.69, 9.17) is 17.0 Å². The Morgan fingerprint density at radius 3 is 2.45 bits per heavy atom. The topological polar surface area (TPSA) is 39.8 Å². The summed E-state index contributed by atoms with van der Waals surface area (Å²) in [5.41, 5.74) is 2.88. The Labute approximate surface area is 194 Å². The smallest absolute Gasteiger partial charge is 0.169 e. The molecule has 0 aliphatic carbocycles. The molecule has 0 aromatic heterocycles. The normalized spacial score (nSPS) is 21.6. The van der Waals surface area contributed by atoms with Gasteiger partial charge < -0.3 is 20.3 Å². The van der Waals surface area contributed by atoms with Gasteiger partial charge in [-0.2, -0.15) is 0 Å². The first-order chi connectivity index (χ1) is 14.6. The monoisotopic (exact) mass is 446 g/mol. The Kier molecular flexibility index (Phi) is 8.36. The predicted octanol–water partition coefficient (Wildman–Crippen LogP) is 3.70. The minimum absolute atomic E-state index is 0.103. The number of rotatable bonds is 7. The van der Waals surface area contributed by atoms with Crippen molar-refractivity contribution in [1.29, 1.82) is 0 Å². The van der Waals surface area contributed by atoms with E-state index in [1.165, 1.54) is 11.1 Å². The average molecular weight is 447 g/mol. The van der Waals surface area contributed by atoms with E-state index in [1.54, 1.807) is 0 Å². The summed E-state index contributed by atoms with van der Waals surface area (Å²) in [6.07, 6.45) is 3.25. The largest absolute Gasteiger partial charge is 0.379 e. The summed E-state index contributed by atoms with van der Waals surface area (Å²) in [6, 6.07) is 9.04. The van der Waals surface area contributed by atoms with E-state index >= 15 is 0 Å². The van der Waals surface area contributed by atoms with E-state index in [-0.39, 0.29) is 11.1 Å². The molecular weight excluding hydrogens is 404 g/mol. The molecule has 2 aliphatic rings. The van der Waals surface area contributed by atoms with Crippen molar-refractivity contribution in [2.45, 2.75) is 77.5 Å². The summed E-state index contributed by atoms with van der Waals surface area (Å²) >= 11 is 5.98. The van der Waals surface area contributed by atoms with Crippen LogP contribution in [0.2, 0.25) is 0 Å². The molecule has 0 atom stereocenters. The van der Waals surface area contributed by atoms with Gasteiger partial charge >= 0.3 is 0 Å². The summed E-state index contributed by atoms with van der Waals surface area (Å²) < 4.78 is 5.49. The molecule has 2 saturated heterocycles. The molecule has 2 fully saturated rings. The summed E-state index contributed by atoms with van der Waals surface area (Å²) in [5.74, 6) is 0. The second-order valence-electron chi connectivity index (χ2n) is 10.6. The van der Waals surface area contributed by atoms with Gasteiger partial charge in [-0.25, -0.2) is 0 Å². The molecule has 0 saturated carbocycles. The number of morpholine rings is 1. The predicted molar refractivity (Wildman–Crippen MR) is 134 cm³/mol. The first-order valence-corrected chi connectivity index (χ1v) is 12.2. The maximum atomic E-state index is 5.98. The van der Waals surface area contributed by atoms with Crippen molar-refractivity contribution in [2.75, 3.05) is 39.4 Å². The summed E-state index contributed by atoms with van der Waals surface area (Å²) in [6.45, 7) is 18.1. The maximum Gasteiger partial charge on any atom is 0.169 e. The lowest BCUT2D eigenvalue weighted by atomic mass is 9.80. The number of hydrogen-bond donors (Lipinski definition) is 2. The van der Waals surface area contributed by atoms with E-state index in [0.717, 1.165) is 70.3 Å². The van der Waals surface area contributed by atoms with Gasteiger partial charge in [-0.05, 0) is 77.2 Å². The first-order valence-electron chi connectivity index (χ1n) is 11.8. The summed E-state index contributed by atoms with van der Waals surface area (Å²) in [4.78, 5) is 4.88. The molecule has 0 radical (unpaired) electrons. The second kappa shape index (κ2) is 10.6. The molecule has 174 valence electrons. The third kappa shape index (κ3) is 7.70. The van der Waals surface area contributed by atoms with Crippen LogP contribution in [-0.2, 0) is 11.3 Å². The quantitative estimate of drug-likeness (QED) is 0.623. The van der Waals surface area contributed by atoms with Gasteiger partial charge in [0.05, 0.1) is 13.2 Å². The number of hydrogen-bond acceptors (Lipinski definition) is 4. The highest BCUT2D eigenvalue weighted by atomic mass is 32.1. The van der Waals surface area contributed by atoms with E-state index < -0.39 is 0 Å². The van der Waals surface area contributed by atoms with Gasteiger partial charge in [0.15, 0.2) is 5.11 Å². The molecule has 0 spiro atoms. The van der Waals surface area contributed by atoms with Gasteiger partial charge in [-0.15, -0.1) is 0 Å². The number of benzene rings is 1. The van der Waals surface area contributed by atoms with Gasteiger partial charge in [0.25, 0.3) is 0 Å². The molecule has 31 heavy (non-hydrogen) atoms. The number of nitrogens with one attached hydrogen (secondary N) is 2.